The van der Waals surface area contributed by atoms with E-state index in [0.29, 0.717) is 11.0 Å². The van der Waals surface area contributed by atoms with Gasteiger partial charge in [0.2, 0.25) is 0 Å². The first-order chi connectivity index (χ1) is 9.94. The van der Waals surface area contributed by atoms with Crippen LogP contribution in [0.25, 0.3) is 10.8 Å². The van der Waals surface area contributed by atoms with Crippen LogP contribution in [0.2, 0.25) is 0 Å². The van der Waals surface area contributed by atoms with Gasteiger partial charge in [-0.25, -0.2) is 0 Å². The SMILES string of the molecule is CC1(C)CCC(NC(=O)c2cc3ccccc3cc2O)C1. The van der Waals surface area contributed by atoms with Gasteiger partial charge in [0.05, 0.1) is 5.56 Å². The number of nitrogens with one attached hydrogen (secondary N) is 1. The second-order valence-electron chi connectivity index (χ2n) is 6.79. The Kier molecular flexibility index (Phi) is 3.36. The third kappa shape index (κ3) is 2.87. The van der Waals surface area contributed by atoms with Gasteiger partial charge in [-0.1, -0.05) is 38.1 Å². The molecule has 0 spiro atoms. The summed E-state index contributed by atoms with van der Waals surface area (Å²) in [6.45, 7) is 4.46. The maximum atomic E-state index is 12.4. The van der Waals surface area contributed by atoms with Crippen molar-refractivity contribution >= 4 is 16.7 Å². The van der Waals surface area contributed by atoms with E-state index in [-0.39, 0.29) is 17.7 Å². The number of hydrogen-bond donors (Lipinski definition) is 2. The van der Waals surface area contributed by atoms with Crippen molar-refractivity contribution in [3.8, 4) is 5.75 Å². The van der Waals surface area contributed by atoms with E-state index in [1.54, 1.807) is 12.1 Å². The molecule has 0 aromatic heterocycles. The van der Waals surface area contributed by atoms with Gasteiger partial charge in [0.15, 0.2) is 0 Å². The quantitative estimate of drug-likeness (QED) is 0.879. The molecule has 1 fully saturated rings. The summed E-state index contributed by atoms with van der Waals surface area (Å²) in [6.07, 6.45) is 3.13. The molecule has 0 radical (unpaired) electrons. The molecule has 0 bridgehead atoms. The van der Waals surface area contributed by atoms with Crippen molar-refractivity contribution in [2.75, 3.05) is 0 Å². The second-order valence-corrected chi connectivity index (χ2v) is 6.79. The molecule has 0 heterocycles. The smallest absolute Gasteiger partial charge is 0.255 e. The predicted molar refractivity (Wildman–Crippen MR) is 84.5 cm³/mol. The van der Waals surface area contributed by atoms with E-state index in [9.17, 15) is 9.90 Å². The van der Waals surface area contributed by atoms with Crippen molar-refractivity contribution in [2.24, 2.45) is 5.41 Å². The Bertz CT molecular complexity index is 691. The van der Waals surface area contributed by atoms with Crippen LogP contribution in [0.15, 0.2) is 36.4 Å². The zero-order chi connectivity index (χ0) is 15.0. The number of benzene rings is 2. The summed E-state index contributed by atoms with van der Waals surface area (Å²) >= 11 is 0. The van der Waals surface area contributed by atoms with Crippen molar-refractivity contribution in [1.29, 1.82) is 0 Å². The number of carbonyl (C=O) groups is 1. The van der Waals surface area contributed by atoms with Crippen LogP contribution in [-0.4, -0.2) is 17.1 Å². The molecule has 1 saturated carbocycles. The number of hydrogen-bond acceptors (Lipinski definition) is 2. The molecule has 1 amide bonds. The molecule has 3 nitrogen and oxygen atoms in total. The molecule has 2 aromatic carbocycles. The van der Waals surface area contributed by atoms with Gasteiger partial charge < -0.3 is 10.4 Å². The molecule has 1 unspecified atom stereocenters. The van der Waals surface area contributed by atoms with Crippen LogP contribution in [-0.2, 0) is 0 Å². The summed E-state index contributed by atoms with van der Waals surface area (Å²) in [6, 6.07) is 11.4. The van der Waals surface area contributed by atoms with Gasteiger partial charge in [0, 0.05) is 6.04 Å². The number of amides is 1. The Morgan fingerprint density at radius 3 is 2.52 bits per heavy atom. The lowest BCUT2D eigenvalue weighted by molar-refractivity contribution is 0.0933. The molecule has 3 heteroatoms. The minimum Gasteiger partial charge on any atom is -0.507 e. The van der Waals surface area contributed by atoms with Crippen LogP contribution in [0.3, 0.4) is 0 Å². The Morgan fingerprint density at radius 2 is 1.90 bits per heavy atom. The summed E-state index contributed by atoms with van der Waals surface area (Å²) in [7, 11) is 0. The van der Waals surface area contributed by atoms with Gasteiger partial charge in [0.25, 0.3) is 5.91 Å². The number of carbonyl (C=O) groups excluding carboxylic acids is 1. The summed E-state index contributed by atoms with van der Waals surface area (Å²) in [5, 5.41) is 15.1. The minimum absolute atomic E-state index is 0.0449. The van der Waals surface area contributed by atoms with Crippen molar-refractivity contribution in [1.82, 2.24) is 5.32 Å². The maximum absolute atomic E-state index is 12.4. The molecule has 0 saturated heterocycles. The Morgan fingerprint density at radius 1 is 1.24 bits per heavy atom. The molecule has 1 atom stereocenters. The standard InChI is InChI=1S/C18H21NO2/c1-18(2)8-7-14(11-18)19-17(21)15-9-12-5-3-4-6-13(12)10-16(15)20/h3-6,9-10,14,20H,7-8,11H2,1-2H3,(H,19,21). The van der Waals surface area contributed by atoms with Crippen molar-refractivity contribution in [2.45, 2.75) is 39.2 Å². The number of aromatic hydroxyl groups is 1. The number of phenols is 1. The molecule has 110 valence electrons. The molecule has 1 aliphatic rings. The Balaban J connectivity index is 1.83. The third-order valence-corrected chi connectivity index (χ3v) is 4.41. The third-order valence-electron chi connectivity index (χ3n) is 4.41. The van der Waals surface area contributed by atoms with Crippen molar-refractivity contribution in [3.63, 3.8) is 0 Å². The molecular formula is C18H21NO2. The zero-order valence-corrected chi connectivity index (χ0v) is 12.5. The van der Waals surface area contributed by atoms with Crippen LogP contribution in [0.5, 0.6) is 5.75 Å². The van der Waals surface area contributed by atoms with Crippen molar-refractivity contribution < 1.29 is 9.90 Å². The van der Waals surface area contributed by atoms with E-state index < -0.39 is 0 Å². The van der Waals surface area contributed by atoms with E-state index in [4.69, 9.17) is 0 Å². The average Bonchev–Trinajstić information content (AvgIpc) is 2.77. The fourth-order valence-electron chi connectivity index (χ4n) is 3.23. The largest absolute Gasteiger partial charge is 0.507 e. The van der Waals surface area contributed by atoms with E-state index >= 15 is 0 Å². The maximum Gasteiger partial charge on any atom is 0.255 e. The molecule has 0 aliphatic heterocycles. The minimum atomic E-state index is -0.180. The predicted octanol–water partition coefficient (Wildman–Crippen LogP) is 3.85. The lowest BCUT2D eigenvalue weighted by Crippen LogP contribution is -2.33. The van der Waals surface area contributed by atoms with Crippen LogP contribution < -0.4 is 5.32 Å². The van der Waals surface area contributed by atoms with Crippen LogP contribution in [0.4, 0.5) is 0 Å². The first-order valence-corrected chi connectivity index (χ1v) is 7.47. The fourth-order valence-corrected chi connectivity index (χ4v) is 3.23. The van der Waals surface area contributed by atoms with Crippen LogP contribution >= 0.6 is 0 Å². The lowest BCUT2D eigenvalue weighted by Gasteiger charge is -2.18. The van der Waals surface area contributed by atoms with Gasteiger partial charge in [-0.15, -0.1) is 0 Å². The molecule has 3 rings (SSSR count). The van der Waals surface area contributed by atoms with Gasteiger partial charge in [-0.2, -0.15) is 0 Å². The van der Waals surface area contributed by atoms with E-state index in [1.807, 2.05) is 24.3 Å². The highest BCUT2D eigenvalue weighted by molar-refractivity contribution is 6.01. The normalized spacial score (nSPS) is 20.6. The summed E-state index contributed by atoms with van der Waals surface area (Å²) in [5.41, 5.74) is 0.655. The van der Waals surface area contributed by atoms with Crippen LogP contribution in [0.1, 0.15) is 43.5 Å². The number of phenolic OH excluding ortho intramolecular Hbond substituents is 1. The topological polar surface area (TPSA) is 49.3 Å². The number of rotatable bonds is 2. The van der Waals surface area contributed by atoms with E-state index in [1.165, 1.54) is 0 Å². The van der Waals surface area contributed by atoms with Gasteiger partial charge in [-0.05, 0) is 47.6 Å². The van der Waals surface area contributed by atoms with Gasteiger partial charge >= 0.3 is 0 Å². The highest BCUT2D eigenvalue weighted by atomic mass is 16.3. The molecular weight excluding hydrogens is 262 g/mol. The van der Waals surface area contributed by atoms with E-state index in [0.717, 1.165) is 30.0 Å². The molecule has 2 aromatic rings. The molecule has 2 N–H and O–H groups in total. The Hall–Kier alpha value is -2.03. The lowest BCUT2D eigenvalue weighted by atomic mass is 9.92. The summed E-state index contributed by atoms with van der Waals surface area (Å²) in [5.74, 6) is -0.135. The second kappa shape index (κ2) is 5.06. The highest BCUT2D eigenvalue weighted by Crippen LogP contribution is 2.37. The van der Waals surface area contributed by atoms with Gasteiger partial charge in [-0.3, -0.25) is 4.79 Å². The Labute approximate surface area is 125 Å². The molecule has 21 heavy (non-hydrogen) atoms. The average molecular weight is 283 g/mol. The highest BCUT2D eigenvalue weighted by Gasteiger charge is 2.32. The fraction of sp³-hybridized carbons (Fsp3) is 0.389. The van der Waals surface area contributed by atoms with Gasteiger partial charge in [0.1, 0.15) is 5.75 Å². The van der Waals surface area contributed by atoms with E-state index in [2.05, 4.69) is 19.2 Å². The zero-order valence-electron chi connectivity index (χ0n) is 12.5. The first-order valence-electron chi connectivity index (χ1n) is 7.47. The number of fused-ring (bicyclic) bond motifs is 1. The molecule has 1 aliphatic carbocycles. The first kappa shape index (κ1) is 13.9. The van der Waals surface area contributed by atoms with Crippen molar-refractivity contribution in [3.05, 3.63) is 42.0 Å². The summed E-state index contributed by atoms with van der Waals surface area (Å²) in [4.78, 5) is 12.4. The summed E-state index contributed by atoms with van der Waals surface area (Å²) < 4.78 is 0. The van der Waals surface area contributed by atoms with Crippen LogP contribution in [0, 0.1) is 5.41 Å². The monoisotopic (exact) mass is 283 g/mol.